The summed E-state index contributed by atoms with van der Waals surface area (Å²) in [6, 6.07) is 0. The van der Waals surface area contributed by atoms with Crippen LogP contribution in [-0.2, 0) is 19.1 Å². The monoisotopic (exact) mass is 229 g/mol. The molecule has 1 atom stereocenters. The van der Waals surface area contributed by atoms with Gasteiger partial charge in [0.25, 0.3) is 0 Å². The molecule has 16 heavy (non-hydrogen) atoms. The van der Waals surface area contributed by atoms with Crippen molar-refractivity contribution >= 4 is 11.9 Å². The van der Waals surface area contributed by atoms with Crippen LogP contribution in [-0.4, -0.2) is 37.2 Å². The summed E-state index contributed by atoms with van der Waals surface area (Å²) < 4.78 is 10.5. The molecule has 0 aromatic carbocycles. The number of rotatable bonds is 4. The van der Waals surface area contributed by atoms with Crippen LogP contribution in [0.5, 0.6) is 0 Å². The van der Waals surface area contributed by atoms with Crippen LogP contribution in [0.1, 0.15) is 33.1 Å². The summed E-state index contributed by atoms with van der Waals surface area (Å²) in [6.07, 6.45) is 2.46. The molecule has 0 aromatic rings. The van der Waals surface area contributed by atoms with Crippen molar-refractivity contribution in [1.29, 1.82) is 0 Å². The van der Waals surface area contributed by atoms with Crippen molar-refractivity contribution in [2.75, 3.05) is 19.8 Å². The summed E-state index contributed by atoms with van der Waals surface area (Å²) in [7, 11) is 0. The maximum absolute atomic E-state index is 11.8. The van der Waals surface area contributed by atoms with Gasteiger partial charge in [0, 0.05) is 13.5 Å². The van der Waals surface area contributed by atoms with Gasteiger partial charge < -0.3 is 14.8 Å². The molecule has 1 aliphatic rings. The molecule has 5 heteroatoms. The molecule has 0 saturated carbocycles. The molecule has 1 amide bonds. The van der Waals surface area contributed by atoms with Gasteiger partial charge in [0.05, 0.1) is 13.2 Å². The minimum absolute atomic E-state index is 0.169. The first-order valence-electron chi connectivity index (χ1n) is 5.66. The molecule has 1 aliphatic heterocycles. The van der Waals surface area contributed by atoms with Crippen LogP contribution >= 0.6 is 0 Å². The second kappa shape index (κ2) is 5.84. The number of carbonyl (C=O) groups is 2. The van der Waals surface area contributed by atoms with Crippen molar-refractivity contribution in [3.05, 3.63) is 0 Å². The molecule has 0 radical (unpaired) electrons. The van der Waals surface area contributed by atoms with Gasteiger partial charge in [0.15, 0.2) is 5.60 Å². The zero-order valence-electron chi connectivity index (χ0n) is 9.88. The van der Waals surface area contributed by atoms with Crippen molar-refractivity contribution in [1.82, 2.24) is 5.32 Å². The molecule has 0 spiro atoms. The molecule has 92 valence electrons. The number of nitrogens with one attached hydrogen (secondary N) is 1. The molecule has 5 nitrogen and oxygen atoms in total. The van der Waals surface area contributed by atoms with E-state index in [1.807, 2.05) is 0 Å². The Hall–Kier alpha value is -1.10. The number of esters is 1. The van der Waals surface area contributed by atoms with E-state index in [0.717, 1.165) is 12.8 Å². The number of hydrogen-bond acceptors (Lipinski definition) is 4. The second-order valence-corrected chi connectivity index (χ2v) is 3.93. The van der Waals surface area contributed by atoms with Crippen LogP contribution in [0.15, 0.2) is 0 Å². The average Bonchev–Trinajstić information content (AvgIpc) is 2.28. The Labute approximate surface area is 95.5 Å². The molecule has 1 unspecified atom stereocenters. The van der Waals surface area contributed by atoms with E-state index >= 15 is 0 Å². The third-order valence-corrected chi connectivity index (χ3v) is 2.62. The Morgan fingerprint density at radius 2 is 2.19 bits per heavy atom. The largest absolute Gasteiger partial charge is 0.464 e. The molecule has 1 fully saturated rings. The highest BCUT2D eigenvalue weighted by Gasteiger charge is 2.42. The Balaban J connectivity index is 2.66. The van der Waals surface area contributed by atoms with Crippen molar-refractivity contribution in [2.45, 2.75) is 38.7 Å². The molecule has 1 rings (SSSR count). The van der Waals surface area contributed by atoms with E-state index in [0.29, 0.717) is 19.6 Å². The topological polar surface area (TPSA) is 64.6 Å². The summed E-state index contributed by atoms with van der Waals surface area (Å²) in [5.74, 6) is -0.540. The highest BCUT2D eigenvalue weighted by Crippen LogP contribution is 2.25. The second-order valence-electron chi connectivity index (χ2n) is 3.93. The van der Waals surface area contributed by atoms with E-state index in [4.69, 9.17) is 9.47 Å². The fourth-order valence-corrected chi connectivity index (χ4v) is 1.75. The minimum Gasteiger partial charge on any atom is -0.464 e. The van der Waals surface area contributed by atoms with Gasteiger partial charge >= 0.3 is 5.97 Å². The van der Waals surface area contributed by atoms with Gasteiger partial charge in [0.1, 0.15) is 0 Å². The lowest BCUT2D eigenvalue weighted by molar-refractivity contribution is -0.177. The van der Waals surface area contributed by atoms with Crippen LogP contribution in [0.2, 0.25) is 0 Å². The lowest BCUT2D eigenvalue weighted by Gasteiger charge is -2.34. The molecular weight excluding hydrogens is 210 g/mol. The van der Waals surface area contributed by atoms with E-state index in [-0.39, 0.29) is 18.4 Å². The molecule has 1 saturated heterocycles. The highest BCUT2D eigenvalue weighted by molar-refractivity contribution is 5.81. The smallest absolute Gasteiger partial charge is 0.340 e. The molecule has 0 bridgehead atoms. The first-order valence-corrected chi connectivity index (χ1v) is 5.66. The Bertz CT molecular complexity index is 259. The summed E-state index contributed by atoms with van der Waals surface area (Å²) >= 11 is 0. The van der Waals surface area contributed by atoms with E-state index in [9.17, 15) is 9.59 Å². The van der Waals surface area contributed by atoms with Gasteiger partial charge in [-0.1, -0.05) is 0 Å². The summed E-state index contributed by atoms with van der Waals surface area (Å²) in [5, 5.41) is 2.63. The highest BCUT2D eigenvalue weighted by atomic mass is 16.6. The molecular formula is C11H19NO4. The van der Waals surface area contributed by atoms with Crippen molar-refractivity contribution in [3.63, 3.8) is 0 Å². The summed E-state index contributed by atoms with van der Waals surface area (Å²) in [5.41, 5.74) is -0.972. The van der Waals surface area contributed by atoms with Gasteiger partial charge in [-0.15, -0.1) is 0 Å². The number of hydrogen-bond donors (Lipinski definition) is 1. The molecule has 0 aromatic heterocycles. The van der Waals surface area contributed by atoms with Crippen molar-refractivity contribution < 1.29 is 19.1 Å². The van der Waals surface area contributed by atoms with Gasteiger partial charge in [-0.05, 0) is 26.2 Å². The third kappa shape index (κ3) is 3.20. The van der Waals surface area contributed by atoms with Crippen LogP contribution in [0.4, 0.5) is 0 Å². The minimum atomic E-state index is -0.972. The fourth-order valence-electron chi connectivity index (χ4n) is 1.75. The quantitative estimate of drug-likeness (QED) is 0.718. The zero-order chi connectivity index (χ0) is 12.0. The van der Waals surface area contributed by atoms with E-state index < -0.39 is 5.60 Å². The fraction of sp³-hybridized carbons (Fsp3) is 0.818. The van der Waals surface area contributed by atoms with E-state index in [1.165, 1.54) is 6.92 Å². The zero-order valence-corrected chi connectivity index (χ0v) is 9.88. The lowest BCUT2D eigenvalue weighted by Crippen LogP contribution is -2.53. The lowest BCUT2D eigenvalue weighted by atomic mass is 9.93. The first-order chi connectivity index (χ1) is 7.60. The third-order valence-electron chi connectivity index (χ3n) is 2.62. The first kappa shape index (κ1) is 13.0. The van der Waals surface area contributed by atoms with Crippen LogP contribution in [0.25, 0.3) is 0 Å². The number of ether oxygens (including phenoxy) is 2. The SMILES string of the molecule is CCOC(=O)C1(CNC(C)=O)CCCCO1. The van der Waals surface area contributed by atoms with Crippen LogP contribution in [0.3, 0.4) is 0 Å². The summed E-state index contributed by atoms with van der Waals surface area (Å²) in [6.45, 7) is 4.23. The van der Waals surface area contributed by atoms with Gasteiger partial charge in [-0.25, -0.2) is 4.79 Å². The molecule has 0 aliphatic carbocycles. The van der Waals surface area contributed by atoms with Crippen molar-refractivity contribution in [2.24, 2.45) is 0 Å². The predicted molar refractivity (Wildman–Crippen MR) is 57.9 cm³/mol. The Kier molecular flexibility index (Phi) is 4.73. The summed E-state index contributed by atoms with van der Waals surface area (Å²) in [4.78, 5) is 22.7. The predicted octanol–water partition coefficient (Wildman–Crippen LogP) is 0.625. The number of carbonyl (C=O) groups excluding carboxylic acids is 2. The maximum Gasteiger partial charge on any atom is 0.340 e. The van der Waals surface area contributed by atoms with Gasteiger partial charge in [0.2, 0.25) is 5.91 Å². The molecule has 1 heterocycles. The standard InChI is InChI=1S/C11H19NO4/c1-3-15-10(14)11(8-12-9(2)13)6-4-5-7-16-11/h3-8H2,1-2H3,(H,12,13). The van der Waals surface area contributed by atoms with Crippen molar-refractivity contribution in [3.8, 4) is 0 Å². The maximum atomic E-state index is 11.8. The van der Waals surface area contributed by atoms with Crippen LogP contribution < -0.4 is 5.32 Å². The number of amides is 1. The van der Waals surface area contributed by atoms with E-state index in [1.54, 1.807) is 6.92 Å². The molecule has 1 N–H and O–H groups in total. The normalized spacial score (nSPS) is 24.9. The van der Waals surface area contributed by atoms with Gasteiger partial charge in [-0.3, -0.25) is 4.79 Å². The van der Waals surface area contributed by atoms with Crippen LogP contribution in [0, 0.1) is 0 Å². The average molecular weight is 229 g/mol. The Morgan fingerprint density at radius 1 is 1.44 bits per heavy atom. The van der Waals surface area contributed by atoms with E-state index in [2.05, 4.69) is 5.32 Å². The van der Waals surface area contributed by atoms with Gasteiger partial charge in [-0.2, -0.15) is 0 Å². The Morgan fingerprint density at radius 3 is 2.69 bits per heavy atom.